The summed E-state index contributed by atoms with van der Waals surface area (Å²) in [7, 11) is 0. The molecule has 2 atom stereocenters. The van der Waals surface area contributed by atoms with Crippen LogP contribution in [0.25, 0.3) is 5.65 Å². The molecule has 0 aromatic carbocycles. The van der Waals surface area contributed by atoms with Gasteiger partial charge in [0.25, 0.3) is 0 Å². The topological polar surface area (TPSA) is 78.1 Å². The molecule has 0 spiro atoms. The van der Waals surface area contributed by atoms with Gasteiger partial charge in [-0.1, -0.05) is 6.07 Å². The van der Waals surface area contributed by atoms with Gasteiger partial charge in [-0.2, -0.15) is 0 Å². The van der Waals surface area contributed by atoms with Gasteiger partial charge in [0, 0.05) is 44.3 Å². The van der Waals surface area contributed by atoms with Crippen LogP contribution in [0.15, 0.2) is 24.4 Å². The Balaban J connectivity index is 1.78. The van der Waals surface area contributed by atoms with E-state index in [1.54, 1.807) is 4.90 Å². The van der Waals surface area contributed by atoms with Crippen LogP contribution in [0.1, 0.15) is 11.4 Å². The lowest BCUT2D eigenvalue weighted by molar-refractivity contribution is -0.129. The first-order chi connectivity index (χ1) is 10.6. The third-order valence-electron chi connectivity index (χ3n) is 4.55. The van der Waals surface area contributed by atoms with Crippen molar-refractivity contribution in [1.29, 1.82) is 0 Å². The number of imidazole rings is 1. The summed E-state index contributed by atoms with van der Waals surface area (Å²) < 4.78 is 1.94. The first-order valence-electron chi connectivity index (χ1n) is 7.56. The van der Waals surface area contributed by atoms with Gasteiger partial charge in [-0.25, -0.2) is 4.98 Å². The molecule has 2 N–H and O–H groups in total. The van der Waals surface area contributed by atoms with Gasteiger partial charge in [-0.15, -0.1) is 0 Å². The fourth-order valence-corrected chi connectivity index (χ4v) is 3.19. The van der Waals surface area contributed by atoms with Crippen LogP contribution < -0.4 is 0 Å². The van der Waals surface area contributed by atoms with Crippen molar-refractivity contribution in [3.63, 3.8) is 0 Å². The minimum Gasteiger partial charge on any atom is -0.396 e. The molecule has 22 heavy (non-hydrogen) atoms. The average Bonchev–Trinajstić information content (AvgIpc) is 3.08. The number of hydrogen-bond acceptors (Lipinski definition) is 4. The van der Waals surface area contributed by atoms with Crippen molar-refractivity contribution in [2.75, 3.05) is 26.3 Å². The minimum atomic E-state index is -0.0303. The fourth-order valence-electron chi connectivity index (χ4n) is 3.19. The molecule has 6 nitrogen and oxygen atoms in total. The van der Waals surface area contributed by atoms with E-state index >= 15 is 0 Å². The first kappa shape index (κ1) is 15.0. The second-order valence-electron chi connectivity index (χ2n) is 5.93. The molecule has 2 aromatic heterocycles. The lowest BCUT2D eigenvalue weighted by Gasteiger charge is -2.16. The molecule has 2 aromatic rings. The first-order valence-corrected chi connectivity index (χ1v) is 7.56. The number of pyridine rings is 1. The predicted octanol–water partition coefficient (Wildman–Crippen LogP) is 0.244. The second kappa shape index (κ2) is 6.06. The normalized spacial score (nSPS) is 21.7. The maximum absolute atomic E-state index is 12.6. The van der Waals surface area contributed by atoms with Gasteiger partial charge in [-0.05, 0) is 19.1 Å². The van der Waals surface area contributed by atoms with E-state index in [4.69, 9.17) is 0 Å². The number of amides is 1. The van der Waals surface area contributed by atoms with Crippen molar-refractivity contribution in [1.82, 2.24) is 14.3 Å². The smallest absolute Gasteiger partial charge is 0.228 e. The van der Waals surface area contributed by atoms with Crippen molar-refractivity contribution < 1.29 is 15.0 Å². The number of hydrogen-bond donors (Lipinski definition) is 2. The number of aromatic nitrogens is 2. The Bertz CT molecular complexity index is 670. The summed E-state index contributed by atoms with van der Waals surface area (Å²) in [5.74, 6) is -0.0439. The lowest BCUT2D eigenvalue weighted by atomic mass is 9.98. The maximum atomic E-state index is 12.6. The zero-order valence-electron chi connectivity index (χ0n) is 12.6. The minimum absolute atomic E-state index is 0.00362. The average molecular weight is 303 g/mol. The highest BCUT2D eigenvalue weighted by atomic mass is 16.3. The standard InChI is InChI=1S/C16H21N3O3/c1-11-14(19-5-3-2-4-15(19)17-11)6-16(22)18-7-12(9-20)13(8-18)10-21/h2-5,12-13,20-21H,6-10H2,1H3/t12-,13-/m0/s1. The largest absolute Gasteiger partial charge is 0.396 e. The van der Waals surface area contributed by atoms with Gasteiger partial charge in [0.2, 0.25) is 5.91 Å². The third-order valence-corrected chi connectivity index (χ3v) is 4.55. The molecule has 0 saturated carbocycles. The molecule has 1 amide bonds. The van der Waals surface area contributed by atoms with Crippen molar-refractivity contribution in [2.24, 2.45) is 11.8 Å². The number of aliphatic hydroxyl groups is 2. The van der Waals surface area contributed by atoms with E-state index in [0.29, 0.717) is 13.1 Å². The van der Waals surface area contributed by atoms with Crippen LogP contribution in [-0.2, 0) is 11.2 Å². The molecule has 0 radical (unpaired) electrons. The zero-order chi connectivity index (χ0) is 15.7. The van der Waals surface area contributed by atoms with Crippen LogP contribution in [0.3, 0.4) is 0 Å². The Morgan fingerprint density at radius 2 is 1.95 bits per heavy atom. The number of likely N-dealkylation sites (tertiary alicyclic amines) is 1. The zero-order valence-corrected chi connectivity index (χ0v) is 12.6. The molecule has 0 aliphatic carbocycles. The summed E-state index contributed by atoms with van der Waals surface area (Å²) in [6.45, 7) is 2.94. The van der Waals surface area contributed by atoms with Crippen molar-refractivity contribution in [2.45, 2.75) is 13.3 Å². The molecule has 1 aliphatic rings. The molecule has 1 fully saturated rings. The van der Waals surface area contributed by atoms with E-state index in [2.05, 4.69) is 4.98 Å². The molecule has 3 heterocycles. The Hall–Kier alpha value is -1.92. The fraction of sp³-hybridized carbons (Fsp3) is 0.500. The second-order valence-corrected chi connectivity index (χ2v) is 5.93. The summed E-state index contributed by atoms with van der Waals surface area (Å²) in [5.41, 5.74) is 2.59. The molecule has 6 heteroatoms. The molecule has 1 aliphatic heterocycles. The van der Waals surface area contributed by atoms with Crippen LogP contribution in [0.4, 0.5) is 0 Å². The maximum Gasteiger partial charge on any atom is 0.228 e. The Kier molecular flexibility index (Phi) is 4.13. The van der Waals surface area contributed by atoms with Crippen LogP contribution in [-0.4, -0.2) is 56.7 Å². The number of aliphatic hydroxyl groups excluding tert-OH is 2. The Labute approximate surface area is 129 Å². The van der Waals surface area contributed by atoms with Crippen LogP contribution >= 0.6 is 0 Å². The quantitative estimate of drug-likeness (QED) is 0.848. The summed E-state index contributed by atoms with van der Waals surface area (Å²) in [4.78, 5) is 18.8. The molecule has 118 valence electrons. The summed E-state index contributed by atoms with van der Waals surface area (Å²) >= 11 is 0. The van der Waals surface area contributed by atoms with Crippen molar-refractivity contribution in [3.05, 3.63) is 35.8 Å². The third kappa shape index (κ3) is 2.60. The molecule has 0 unspecified atom stereocenters. The van der Waals surface area contributed by atoms with E-state index in [0.717, 1.165) is 17.0 Å². The number of carbonyl (C=O) groups excluding carboxylic acids is 1. The van der Waals surface area contributed by atoms with E-state index in [9.17, 15) is 15.0 Å². The van der Waals surface area contributed by atoms with Crippen LogP contribution in [0.5, 0.6) is 0 Å². The van der Waals surface area contributed by atoms with E-state index in [1.165, 1.54) is 0 Å². The number of fused-ring (bicyclic) bond motifs is 1. The summed E-state index contributed by atoms with van der Waals surface area (Å²) in [6, 6.07) is 5.76. The van der Waals surface area contributed by atoms with Gasteiger partial charge in [0.15, 0.2) is 0 Å². The van der Waals surface area contributed by atoms with Crippen LogP contribution in [0.2, 0.25) is 0 Å². The number of rotatable bonds is 4. The molecule has 1 saturated heterocycles. The number of aryl methyl sites for hydroxylation is 1. The highest BCUT2D eigenvalue weighted by molar-refractivity contribution is 5.79. The van der Waals surface area contributed by atoms with Crippen molar-refractivity contribution in [3.8, 4) is 0 Å². The molecule has 3 rings (SSSR count). The van der Waals surface area contributed by atoms with Crippen molar-refractivity contribution >= 4 is 11.6 Å². The highest BCUT2D eigenvalue weighted by Crippen LogP contribution is 2.24. The Morgan fingerprint density at radius 1 is 1.27 bits per heavy atom. The summed E-state index contributed by atoms with van der Waals surface area (Å²) in [6.07, 6.45) is 2.20. The van der Waals surface area contributed by atoms with Crippen LogP contribution in [0, 0.1) is 18.8 Å². The molecule has 0 bridgehead atoms. The lowest BCUT2D eigenvalue weighted by Crippen LogP contribution is -2.31. The Morgan fingerprint density at radius 3 is 2.59 bits per heavy atom. The van der Waals surface area contributed by atoms with E-state index in [-0.39, 0.29) is 37.4 Å². The molecular weight excluding hydrogens is 282 g/mol. The van der Waals surface area contributed by atoms with Gasteiger partial charge in [0.1, 0.15) is 5.65 Å². The van der Waals surface area contributed by atoms with Gasteiger partial charge < -0.3 is 19.5 Å². The number of nitrogens with zero attached hydrogens (tertiary/aromatic N) is 3. The summed E-state index contributed by atoms with van der Waals surface area (Å²) in [5, 5.41) is 18.7. The van der Waals surface area contributed by atoms with Gasteiger partial charge in [-0.3, -0.25) is 4.79 Å². The predicted molar refractivity (Wildman–Crippen MR) is 81.4 cm³/mol. The number of carbonyl (C=O) groups is 1. The monoisotopic (exact) mass is 303 g/mol. The van der Waals surface area contributed by atoms with E-state index in [1.807, 2.05) is 35.7 Å². The van der Waals surface area contributed by atoms with Gasteiger partial charge in [0.05, 0.1) is 17.8 Å². The SMILES string of the molecule is Cc1nc2ccccn2c1CC(=O)N1C[C@@H](CO)[C@H](CO)C1. The van der Waals surface area contributed by atoms with Gasteiger partial charge >= 0.3 is 0 Å². The van der Waals surface area contributed by atoms with E-state index < -0.39 is 0 Å². The highest BCUT2D eigenvalue weighted by Gasteiger charge is 2.34. The molecular formula is C16H21N3O3.